The predicted octanol–water partition coefficient (Wildman–Crippen LogP) is 2.06. The van der Waals surface area contributed by atoms with E-state index in [1.54, 1.807) is 6.07 Å². The van der Waals surface area contributed by atoms with Gasteiger partial charge in [-0.05, 0) is 12.1 Å². The fourth-order valence-electron chi connectivity index (χ4n) is 0.778. The zero-order chi connectivity index (χ0) is 9.14. The summed E-state index contributed by atoms with van der Waals surface area (Å²) in [5, 5.41) is 10.4. The SMILES string of the molecule is Cl.NNc1ccc(Br)cc1[N+](=O)[O-]. The van der Waals surface area contributed by atoms with Crippen LogP contribution in [-0.2, 0) is 0 Å². The van der Waals surface area contributed by atoms with Gasteiger partial charge >= 0.3 is 0 Å². The van der Waals surface area contributed by atoms with Gasteiger partial charge in [-0.15, -0.1) is 12.4 Å². The van der Waals surface area contributed by atoms with Gasteiger partial charge in [0.25, 0.3) is 5.69 Å². The average Bonchev–Trinajstić information content (AvgIpc) is 2.04. The van der Waals surface area contributed by atoms with Crippen molar-refractivity contribution in [3.05, 3.63) is 32.8 Å². The van der Waals surface area contributed by atoms with E-state index >= 15 is 0 Å². The van der Waals surface area contributed by atoms with E-state index in [4.69, 9.17) is 5.84 Å². The molecule has 0 radical (unpaired) electrons. The van der Waals surface area contributed by atoms with Crippen LogP contribution in [-0.4, -0.2) is 4.92 Å². The highest BCUT2D eigenvalue weighted by Crippen LogP contribution is 2.26. The number of nitrogens with zero attached hydrogens (tertiary/aromatic N) is 1. The lowest BCUT2D eigenvalue weighted by atomic mass is 10.3. The summed E-state index contributed by atoms with van der Waals surface area (Å²) in [6.45, 7) is 0. The van der Waals surface area contributed by atoms with Crippen LogP contribution in [0.1, 0.15) is 0 Å². The maximum Gasteiger partial charge on any atom is 0.294 e. The summed E-state index contributed by atoms with van der Waals surface area (Å²) in [4.78, 5) is 9.92. The normalized spacial score (nSPS) is 8.77. The van der Waals surface area contributed by atoms with Crippen molar-refractivity contribution in [2.75, 3.05) is 5.43 Å². The van der Waals surface area contributed by atoms with Crippen LogP contribution >= 0.6 is 28.3 Å². The minimum atomic E-state index is -0.500. The monoisotopic (exact) mass is 267 g/mol. The van der Waals surface area contributed by atoms with Crippen LogP contribution in [0.25, 0.3) is 0 Å². The third kappa shape index (κ3) is 2.83. The van der Waals surface area contributed by atoms with Crippen molar-refractivity contribution in [1.29, 1.82) is 0 Å². The number of halogens is 2. The molecule has 0 unspecified atom stereocenters. The fourth-order valence-corrected chi connectivity index (χ4v) is 1.13. The number of hydrazine groups is 1. The number of nitro benzene ring substituents is 1. The molecule has 0 atom stereocenters. The first kappa shape index (κ1) is 12.2. The van der Waals surface area contributed by atoms with E-state index < -0.39 is 4.92 Å². The molecule has 0 aliphatic carbocycles. The molecule has 0 aromatic heterocycles. The van der Waals surface area contributed by atoms with Gasteiger partial charge in [0.1, 0.15) is 5.69 Å². The summed E-state index contributed by atoms with van der Waals surface area (Å²) < 4.78 is 0.646. The third-order valence-electron chi connectivity index (χ3n) is 1.31. The molecule has 0 bridgehead atoms. The van der Waals surface area contributed by atoms with Crippen molar-refractivity contribution in [2.24, 2.45) is 5.84 Å². The van der Waals surface area contributed by atoms with Crippen LogP contribution in [0.2, 0.25) is 0 Å². The number of nitrogen functional groups attached to an aromatic ring is 1. The Morgan fingerprint density at radius 1 is 1.54 bits per heavy atom. The van der Waals surface area contributed by atoms with Crippen LogP contribution in [0.5, 0.6) is 0 Å². The average molecular weight is 268 g/mol. The maximum atomic E-state index is 10.4. The molecular formula is C6H7BrClN3O2. The summed E-state index contributed by atoms with van der Waals surface area (Å²) >= 11 is 3.12. The smallest absolute Gasteiger partial charge is 0.294 e. The Balaban J connectivity index is 0.00000144. The van der Waals surface area contributed by atoms with Crippen LogP contribution in [0.3, 0.4) is 0 Å². The zero-order valence-electron chi connectivity index (χ0n) is 6.36. The summed E-state index contributed by atoms with van der Waals surface area (Å²) in [5.74, 6) is 5.07. The van der Waals surface area contributed by atoms with Crippen molar-refractivity contribution in [2.45, 2.75) is 0 Å². The molecule has 1 aromatic rings. The minimum Gasteiger partial charge on any atom is -0.318 e. The van der Waals surface area contributed by atoms with Gasteiger partial charge < -0.3 is 5.43 Å². The van der Waals surface area contributed by atoms with Crippen LogP contribution in [0, 0.1) is 10.1 Å². The molecule has 5 nitrogen and oxygen atoms in total. The molecule has 0 aliphatic rings. The van der Waals surface area contributed by atoms with Gasteiger partial charge in [0, 0.05) is 10.5 Å². The molecular weight excluding hydrogens is 261 g/mol. The van der Waals surface area contributed by atoms with E-state index in [-0.39, 0.29) is 18.1 Å². The number of nitro groups is 1. The predicted molar refractivity (Wildman–Crippen MR) is 55.9 cm³/mol. The molecule has 0 saturated carbocycles. The first-order valence-electron chi connectivity index (χ1n) is 3.05. The molecule has 3 N–H and O–H groups in total. The molecule has 1 rings (SSSR count). The van der Waals surface area contributed by atoms with Crippen LogP contribution in [0.4, 0.5) is 11.4 Å². The van der Waals surface area contributed by atoms with Crippen molar-refractivity contribution >= 4 is 39.7 Å². The van der Waals surface area contributed by atoms with Gasteiger partial charge in [0.15, 0.2) is 0 Å². The second kappa shape index (κ2) is 5.00. The van der Waals surface area contributed by atoms with Crippen LogP contribution < -0.4 is 11.3 Å². The Kier molecular flexibility index (Phi) is 4.68. The summed E-state index contributed by atoms with van der Waals surface area (Å²) in [6, 6.07) is 4.58. The largest absolute Gasteiger partial charge is 0.318 e. The fraction of sp³-hybridized carbons (Fsp3) is 0. The third-order valence-corrected chi connectivity index (χ3v) is 1.81. The number of anilines is 1. The summed E-state index contributed by atoms with van der Waals surface area (Å²) in [5.41, 5.74) is 2.49. The summed E-state index contributed by atoms with van der Waals surface area (Å²) in [6.07, 6.45) is 0. The van der Waals surface area contributed by atoms with Gasteiger partial charge in [-0.25, -0.2) is 0 Å². The van der Waals surface area contributed by atoms with Gasteiger partial charge in [0.05, 0.1) is 4.92 Å². The van der Waals surface area contributed by atoms with Gasteiger partial charge in [-0.1, -0.05) is 15.9 Å². The number of rotatable bonds is 2. The number of nitrogens with one attached hydrogen (secondary N) is 1. The molecule has 0 spiro atoms. The summed E-state index contributed by atoms with van der Waals surface area (Å²) in [7, 11) is 0. The topological polar surface area (TPSA) is 81.2 Å². The lowest BCUT2D eigenvalue weighted by molar-refractivity contribution is -0.384. The molecule has 7 heteroatoms. The highest BCUT2D eigenvalue weighted by Gasteiger charge is 2.12. The van der Waals surface area contributed by atoms with E-state index in [1.165, 1.54) is 12.1 Å². The molecule has 0 saturated heterocycles. The Bertz CT molecular complexity index is 321. The Labute approximate surface area is 89.0 Å². The van der Waals surface area contributed by atoms with E-state index in [1.807, 2.05) is 0 Å². The molecule has 0 aliphatic heterocycles. The minimum absolute atomic E-state index is 0. The van der Waals surface area contributed by atoms with Crippen molar-refractivity contribution < 1.29 is 4.92 Å². The molecule has 0 amide bonds. The Hall–Kier alpha value is -0.850. The second-order valence-electron chi connectivity index (χ2n) is 2.06. The van der Waals surface area contributed by atoms with Gasteiger partial charge in [-0.2, -0.15) is 0 Å². The molecule has 1 aromatic carbocycles. The number of benzene rings is 1. The molecule has 13 heavy (non-hydrogen) atoms. The van der Waals surface area contributed by atoms with Gasteiger partial charge in [0.2, 0.25) is 0 Å². The van der Waals surface area contributed by atoms with E-state index in [2.05, 4.69) is 21.4 Å². The van der Waals surface area contributed by atoms with E-state index in [0.717, 1.165) is 0 Å². The second-order valence-corrected chi connectivity index (χ2v) is 2.98. The highest BCUT2D eigenvalue weighted by atomic mass is 79.9. The van der Waals surface area contributed by atoms with Gasteiger partial charge in [-0.3, -0.25) is 16.0 Å². The highest BCUT2D eigenvalue weighted by molar-refractivity contribution is 9.10. The van der Waals surface area contributed by atoms with E-state index in [0.29, 0.717) is 10.2 Å². The maximum absolute atomic E-state index is 10.4. The zero-order valence-corrected chi connectivity index (χ0v) is 8.76. The standard InChI is InChI=1S/C6H6BrN3O2.ClH/c7-4-1-2-5(9-8)6(3-4)10(11)12;/h1-3,9H,8H2;1H. The number of hydrogen-bond donors (Lipinski definition) is 2. The Morgan fingerprint density at radius 3 is 2.62 bits per heavy atom. The van der Waals surface area contributed by atoms with Crippen molar-refractivity contribution in [1.82, 2.24) is 0 Å². The van der Waals surface area contributed by atoms with Crippen LogP contribution in [0.15, 0.2) is 22.7 Å². The lowest BCUT2D eigenvalue weighted by Crippen LogP contribution is -2.08. The van der Waals surface area contributed by atoms with Crippen molar-refractivity contribution in [3.63, 3.8) is 0 Å². The number of hydrogen-bond acceptors (Lipinski definition) is 4. The number of nitrogens with two attached hydrogens (primary N) is 1. The first-order valence-corrected chi connectivity index (χ1v) is 3.85. The van der Waals surface area contributed by atoms with Crippen molar-refractivity contribution in [3.8, 4) is 0 Å². The van der Waals surface area contributed by atoms with E-state index in [9.17, 15) is 10.1 Å². The first-order chi connectivity index (χ1) is 5.65. The Morgan fingerprint density at radius 2 is 2.15 bits per heavy atom. The molecule has 72 valence electrons. The lowest BCUT2D eigenvalue weighted by Gasteiger charge is -2.00. The quantitative estimate of drug-likeness (QED) is 0.489. The molecule has 0 fully saturated rings. The molecule has 0 heterocycles.